The van der Waals surface area contributed by atoms with E-state index in [1.807, 2.05) is 56.3 Å². The zero-order chi connectivity index (χ0) is 29.8. The molecule has 5 aromatic rings. The lowest BCUT2D eigenvalue weighted by atomic mass is 10.1. The van der Waals surface area contributed by atoms with Crippen molar-refractivity contribution in [1.29, 1.82) is 0 Å². The Hall–Kier alpha value is -5.39. The molecule has 12 nitrogen and oxygen atoms in total. The normalized spacial score (nSPS) is 11.0. The highest BCUT2D eigenvalue weighted by molar-refractivity contribution is 6.04. The van der Waals surface area contributed by atoms with Crippen LogP contribution in [-0.4, -0.2) is 50.8 Å². The fourth-order valence-electron chi connectivity index (χ4n) is 4.86. The van der Waals surface area contributed by atoms with Crippen molar-refractivity contribution < 1.29 is 19.1 Å². The van der Waals surface area contributed by atoms with Gasteiger partial charge in [0.15, 0.2) is 0 Å². The Morgan fingerprint density at radius 3 is 2.52 bits per heavy atom. The van der Waals surface area contributed by atoms with E-state index in [1.165, 1.54) is 7.11 Å². The summed E-state index contributed by atoms with van der Waals surface area (Å²) in [5, 5.41) is 15.1. The molecule has 0 unspecified atom stereocenters. The largest absolute Gasteiger partial charge is 0.494 e. The number of hydrogen-bond acceptors (Lipinski definition) is 6. The highest BCUT2D eigenvalue weighted by Crippen LogP contribution is 2.31. The number of benzene rings is 3. The number of ether oxygens (including phenoxy) is 1. The van der Waals surface area contributed by atoms with Gasteiger partial charge >= 0.3 is 6.03 Å². The van der Waals surface area contributed by atoms with Gasteiger partial charge in [0.25, 0.3) is 5.91 Å². The van der Waals surface area contributed by atoms with Gasteiger partial charge in [-0.05, 0) is 61.4 Å². The van der Waals surface area contributed by atoms with Crippen molar-refractivity contribution in [3.05, 3.63) is 77.6 Å². The summed E-state index contributed by atoms with van der Waals surface area (Å²) < 4.78 is 8.97. The van der Waals surface area contributed by atoms with Crippen molar-refractivity contribution >= 4 is 51.3 Å². The summed E-state index contributed by atoms with van der Waals surface area (Å²) in [6.45, 7) is 4.96. The molecule has 42 heavy (non-hydrogen) atoms. The van der Waals surface area contributed by atoms with Gasteiger partial charge in [0.1, 0.15) is 17.0 Å². The van der Waals surface area contributed by atoms with E-state index in [9.17, 15) is 14.4 Å². The van der Waals surface area contributed by atoms with Crippen LogP contribution in [0.15, 0.2) is 60.7 Å². The van der Waals surface area contributed by atoms with Crippen molar-refractivity contribution in [1.82, 2.24) is 24.6 Å². The Bertz CT molecular complexity index is 1810. The van der Waals surface area contributed by atoms with Gasteiger partial charge in [0, 0.05) is 30.9 Å². The van der Waals surface area contributed by atoms with E-state index in [4.69, 9.17) is 10.5 Å². The quantitative estimate of drug-likeness (QED) is 0.184. The number of rotatable bonds is 10. The van der Waals surface area contributed by atoms with E-state index >= 15 is 0 Å². The zero-order valence-electron chi connectivity index (χ0n) is 23.6. The van der Waals surface area contributed by atoms with E-state index in [2.05, 4.69) is 26.0 Å². The maximum atomic E-state index is 13.2. The van der Waals surface area contributed by atoms with Crippen LogP contribution in [0.5, 0.6) is 5.75 Å². The van der Waals surface area contributed by atoms with Crippen molar-refractivity contribution in [2.45, 2.75) is 33.4 Å². The average Bonchev–Trinajstić information content (AvgIpc) is 3.54. The lowest BCUT2D eigenvalue weighted by molar-refractivity contribution is 0.0995. The molecule has 0 spiro atoms. The minimum Gasteiger partial charge on any atom is -0.494 e. The van der Waals surface area contributed by atoms with Gasteiger partial charge in [0.05, 0.1) is 18.3 Å². The molecule has 3 aromatic carbocycles. The van der Waals surface area contributed by atoms with E-state index in [1.54, 1.807) is 27.4 Å². The lowest BCUT2D eigenvalue weighted by Crippen LogP contribution is -2.30. The Morgan fingerprint density at radius 2 is 1.79 bits per heavy atom. The Labute approximate surface area is 241 Å². The lowest BCUT2D eigenvalue weighted by Gasteiger charge is -2.13. The first-order valence-corrected chi connectivity index (χ1v) is 13.5. The molecule has 2 aromatic heterocycles. The molecule has 0 atom stereocenters. The second-order valence-electron chi connectivity index (χ2n) is 9.73. The minimum atomic E-state index is -0.626. The SMILES string of the molecule is CCn1nc(C)cc1C(=O)Nc1nc2cc(C(N)=O)cc(OC)c2n1CCCNC(=O)Nc1ccc2ccccc2c1. The molecule has 216 valence electrons. The number of aryl methyl sites for hydroxylation is 3. The predicted octanol–water partition coefficient (Wildman–Crippen LogP) is 4.29. The summed E-state index contributed by atoms with van der Waals surface area (Å²) in [7, 11) is 1.48. The standard InChI is InChI=1S/C30H32N8O4/c1-4-38-24(14-18(2)36-38)28(40)35-29-34-23-16-21(27(31)39)17-25(42-3)26(23)37(29)13-7-12-32-30(41)33-22-11-10-19-8-5-6-9-20(19)15-22/h5-6,8-11,14-17H,4,7,12-13H2,1-3H3,(H2,31,39)(H2,32,33,41)(H,34,35,40). The van der Waals surface area contributed by atoms with E-state index < -0.39 is 5.91 Å². The third-order valence-electron chi connectivity index (χ3n) is 6.82. The van der Waals surface area contributed by atoms with Crippen LogP contribution in [0.3, 0.4) is 0 Å². The molecule has 0 aliphatic heterocycles. The van der Waals surface area contributed by atoms with Crippen molar-refractivity contribution in [2.75, 3.05) is 24.3 Å². The van der Waals surface area contributed by atoms with Crippen molar-refractivity contribution in [3.8, 4) is 5.75 Å². The summed E-state index contributed by atoms with van der Waals surface area (Å²) in [5.41, 5.74) is 8.56. The predicted molar refractivity (Wildman–Crippen MR) is 161 cm³/mol. The van der Waals surface area contributed by atoms with Crippen LogP contribution in [0.2, 0.25) is 0 Å². The molecule has 0 saturated heterocycles. The molecule has 0 bridgehead atoms. The summed E-state index contributed by atoms with van der Waals surface area (Å²) in [5.74, 6) is -0.363. The van der Waals surface area contributed by atoms with E-state index in [-0.39, 0.29) is 23.5 Å². The molecule has 0 aliphatic carbocycles. The monoisotopic (exact) mass is 568 g/mol. The molecule has 5 N–H and O–H groups in total. The third kappa shape index (κ3) is 5.87. The van der Waals surface area contributed by atoms with Crippen LogP contribution in [0.4, 0.5) is 16.4 Å². The fraction of sp³-hybridized carbons (Fsp3) is 0.233. The van der Waals surface area contributed by atoms with Gasteiger partial charge in [0.2, 0.25) is 11.9 Å². The fourth-order valence-corrected chi connectivity index (χ4v) is 4.86. The molecule has 12 heteroatoms. The average molecular weight is 569 g/mol. The molecular formula is C30H32N8O4. The van der Waals surface area contributed by atoms with Crippen LogP contribution in [0.25, 0.3) is 21.8 Å². The first kappa shape index (κ1) is 28.1. The number of nitrogens with one attached hydrogen (secondary N) is 3. The number of urea groups is 1. The van der Waals surface area contributed by atoms with E-state index in [0.29, 0.717) is 54.2 Å². The Kier molecular flexibility index (Phi) is 8.05. The second kappa shape index (κ2) is 12.0. The molecule has 2 heterocycles. The first-order chi connectivity index (χ1) is 20.3. The summed E-state index contributed by atoms with van der Waals surface area (Å²) in [6, 6.07) is 18.1. The van der Waals surface area contributed by atoms with Gasteiger partial charge < -0.3 is 25.7 Å². The van der Waals surface area contributed by atoms with Crippen LogP contribution < -0.4 is 26.4 Å². The number of amides is 4. The summed E-state index contributed by atoms with van der Waals surface area (Å²) in [4.78, 5) is 42.3. The zero-order valence-corrected chi connectivity index (χ0v) is 23.6. The maximum Gasteiger partial charge on any atom is 0.319 e. The summed E-state index contributed by atoms with van der Waals surface area (Å²) in [6.07, 6.45) is 0.506. The van der Waals surface area contributed by atoms with Gasteiger partial charge in [-0.3, -0.25) is 19.6 Å². The third-order valence-corrected chi connectivity index (χ3v) is 6.82. The van der Waals surface area contributed by atoms with E-state index in [0.717, 1.165) is 16.5 Å². The number of hydrogen-bond donors (Lipinski definition) is 4. The first-order valence-electron chi connectivity index (χ1n) is 13.5. The Morgan fingerprint density at radius 1 is 1.00 bits per heavy atom. The molecule has 4 amide bonds. The number of methoxy groups -OCH3 is 1. The molecule has 0 radical (unpaired) electrons. The van der Waals surface area contributed by atoms with Gasteiger partial charge in [-0.15, -0.1) is 0 Å². The van der Waals surface area contributed by atoms with Crippen LogP contribution in [0.1, 0.15) is 39.9 Å². The maximum absolute atomic E-state index is 13.2. The van der Waals surface area contributed by atoms with Crippen LogP contribution in [0, 0.1) is 6.92 Å². The topological polar surface area (TPSA) is 158 Å². The number of anilines is 2. The molecular weight excluding hydrogens is 536 g/mol. The number of carbonyl (C=O) groups excluding carboxylic acids is 3. The van der Waals surface area contributed by atoms with Crippen LogP contribution in [-0.2, 0) is 13.1 Å². The number of fused-ring (bicyclic) bond motifs is 2. The number of nitrogens with two attached hydrogens (primary N) is 1. The number of primary amides is 1. The number of imidazole rings is 1. The Balaban J connectivity index is 1.34. The number of carbonyl (C=O) groups is 3. The smallest absolute Gasteiger partial charge is 0.319 e. The minimum absolute atomic E-state index is 0.230. The van der Waals surface area contributed by atoms with Gasteiger partial charge in [-0.1, -0.05) is 30.3 Å². The van der Waals surface area contributed by atoms with Crippen LogP contribution >= 0.6 is 0 Å². The summed E-state index contributed by atoms with van der Waals surface area (Å²) >= 11 is 0. The van der Waals surface area contributed by atoms with Crippen molar-refractivity contribution in [3.63, 3.8) is 0 Å². The van der Waals surface area contributed by atoms with Crippen molar-refractivity contribution in [2.24, 2.45) is 5.73 Å². The van der Waals surface area contributed by atoms with Gasteiger partial charge in [-0.25, -0.2) is 9.78 Å². The molecule has 0 saturated carbocycles. The molecule has 5 rings (SSSR count). The molecule has 0 aliphatic rings. The number of aromatic nitrogens is 4. The second-order valence-corrected chi connectivity index (χ2v) is 9.73. The number of nitrogens with zero attached hydrogens (tertiary/aromatic N) is 4. The molecule has 0 fully saturated rings. The highest BCUT2D eigenvalue weighted by Gasteiger charge is 2.21. The highest BCUT2D eigenvalue weighted by atomic mass is 16.5. The van der Waals surface area contributed by atoms with Gasteiger partial charge in [-0.2, -0.15) is 5.10 Å².